The molecule has 0 radical (unpaired) electrons. The summed E-state index contributed by atoms with van der Waals surface area (Å²) in [5.41, 5.74) is 0. The largest absolute Gasteiger partial charge is 0.462 e. The second-order valence-electron chi connectivity index (χ2n) is 18.6. The Balaban J connectivity index is 4.48. The number of esters is 1. The molecule has 6 nitrogen and oxygen atoms in total. The van der Waals surface area contributed by atoms with E-state index in [9.17, 15) is 19.8 Å². The van der Waals surface area contributed by atoms with E-state index >= 15 is 0 Å². The van der Waals surface area contributed by atoms with Crippen molar-refractivity contribution in [3.8, 4) is 0 Å². The van der Waals surface area contributed by atoms with Crippen LogP contribution in [0.3, 0.4) is 0 Å². The lowest BCUT2D eigenvalue weighted by Crippen LogP contribution is -2.46. The lowest BCUT2D eigenvalue weighted by Gasteiger charge is -2.24. The topological polar surface area (TPSA) is 95.9 Å². The molecule has 0 aromatic rings. The van der Waals surface area contributed by atoms with Gasteiger partial charge < -0.3 is 20.3 Å². The lowest BCUT2D eigenvalue weighted by molar-refractivity contribution is -0.151. The SMILES string of the molecule is CCC/C=C\CCCCCCCC(=O)OC(CCCCCCC/C=C/CCCCCCCC)CC(=O)NC(CO)C(O)CCCCCCCCCCCCCCCCCCC. The van der Waals surface area contributed by atoms with Gasteiger partial charge in [-0.15, -0.1) is 0 Å². The third-order valence-corrected chi connectivity index (χ3v) is 12.5. The Morgan fingerprint density at radius 3 is 1.23 bits per heavy atom. The van der Waals surface area contributed by atoms with Crippen molar-refractivity contribution in [2.45, 2.75) is 309 Å². The summed E-state index contributed by atoms with van der Waals surface area (Å²) < 4.78 is 5.92. The Bertz CT molecular complexity index is 966. The number of hydrogen-bond acceptors (Lipinski definition) is 5. The highest BCUT2D eigenvalue weighted by Crippen LogP contribution is 2.18. The maximum Gasteiger partial charge on any atom is 0.306 e. The van der Waals surface area contributed by atoms with Crippen LogP contribution in [0.1, 0.15) is 290 Å². The van der Waals surface area contributed by atoms with Gasteiger partial charge in [0.05, 0.1) is 25.2 Å². The van der Waals surface area contributed by atoms with Gasteiger partial charge in [-0.1, -0.05) is 231 Å². The number of rotatable bonds is 49. The molecular weight excluding hydrogens is 755 g/mol. The van der Waals surface area contributed by atoms with E-state index in [2.05, 4.69) is 50.4 Å². The molecule has 0 spiro atoms. The smallest absolute Gasteiger partial charge is 0.306 e. The summed E-state index contributed by atoms with van der Waals surface area (Å²) in [6, 6.07) is -0.702. The summed E-state index contributed by atoms with van der Waals surface area (Å²) in [5.74, 6) is -0.482. The Kier molecular flexibility index (Phi) is 48.0. The zero-order valence-corrected chi connectivity index (χ0v) is 41.1. The molecule has 3 atom stereocenters. The summed E-state index contributed by atoms with van der Waals surface area (Å²) in [6.07, 6.45) is 56.7. The number of unbranched alkanes of at least 4 members (excludes halogenated alkanes) is 33. The standard InChI is InChI=1S/C55H105NO5/c1-4-7-10-13-16-19-22-24-26-27-29-31-33-35-38-41-44-47-53(58)52(50-57)56-54(59)49-51(61-55(60)48-45-42-39-36-21-18-15-12-9-6-3)46-43-40-37-34-32-30-28-25-23-20-17-14-11-8-5-2/h12,15,25,28,51-53,57-58H,4-11,13-14,16-24,26-27,29-50H2,1-3H3,(H,56,59)/b15-12-,28-25+. The van der Waals surface area contributed by atoms with E-state index in [1.54, 1.807) is 0 Å². The maximum atomic E-state index is 13.2. The van der Waals surface area contributed by atoms with E-state index in [-0.39, 0.29) is 24.9 Å². The van der Waals surface area contributed by atoms with Gasteiger partial charge in [-0.3, -0.25) is 9.59 Å². The fourth-order valence-electron chi connectivity index (χ4n) is 8.37. The second-order valence-corrected chi connectivity index (χ2v) is 18.6. The first-order chi connectivity index (χ1) is 30.0. The van der Waals surface area contributed by atoms with Gasteiger partial charge in [-0.25, -0.2) is 0 Å². The number of carbonyl (C=O) groups is 2. The highest BCUT2D eigenvalue weighted by Gasteiger charge is 2.24. The van der Waals surface area contributed by atoms with Crippen molar-refractivity contribution in [2.75, 3.05) is 6.61 Å². The predicted molar refractivity (Wildman–Crippen MR) is 264 cm³/mol. The Morgan fingerprint density at radius 1 is 0.459 bits per heavy atom. The molecule has 61 heavy (non-hydrogen) atoms. The highest BCUT2D eigenvalue weighted by atomic mass is 16.5. The molecule has 3 unspecified atom stereocenters. The molecule has 0 aliphatic heterocycles. The fraction of sp³-hybridized carbons (Fsp3) is 0.891. The number of allylic oxidation sites excluding steroid dienone is 4. The van der Waals surface area contributed by atoms with Crippen LogP contribution < -0.4 is 5.32 Å². The highest BCUT2D eigenvalue weighted by molar-refractivity contribution is 5.77. The van der Waals surface area contributed by atoms with Gasteiger partial charge in [0, 0.05) is 6.42 Å². The van der Waals surface area contributed by atoms with Crippen molar-refractivity contribution < 1.29 is 24.5 Å². The molecule has 0 aromatic heterocycles. The van der Waals surface area contributed by atoms with Crippen LogP contribution in [0, 0.1) is 0 Å². The first kappa shape index (κ1) is 59.3. The van der Waals surface area contributed by atoms with E-state index in [1.165, 1.54) is 173 Å². The molecule has 360 valence electrons. The van der Waals surface area contributed by atoms with E-state index in [0.717, 1.165) is 70.6 Å². The minimum Gasteiger partial charge on any atom is -0.462 e. The third kappa shape index (κ3) is 44.7. The Hall–Kier alpha value is -1.66. The van der Waals surface area contributed by atoms with Crippen LogP contribution in [0.15, 0.2) is 24.3 Å². The van der Waals surface area contributed by atoms with Gasteiger partial charge in [0.2, 0.25) is 5.91 Å². The normalized spacial score (nSPS) is 13.3. The zero-order valence-electron chi connectivity index (χ0n) is 41.1. The van der Waals surface area contributed by atoms with Gasteiger partial charge in [0.1, 0.15) is 6.10 Å². The van der Waals surface area contributed by atoms with Crippen LogP contribution in [-0.4, -0.2) is 46.9 Å². The molecular formula is C55H105NO5. The zero-order chi connectivity index (χ0) is 44.5. The number of carbonyl (C=O) groups excluding carboxylic acids is 2. The number of aliphatic hydroxyl groups excluding tert-OH is 2. The van der Waals surface area contributed by atoms with E-state index in [4.69, 9.17) is 4.74 Å². The molecule has 0 saturated carbocycles. The van der Waals surface area contributed by atoms with Crippen LogP contribution in [0.4, 0.5) is 0 Å². The second kappa shape index (κ2) is 49.4. The molecule has 3 N–H and O–H groups in total. The van der Waals surface area contributed by atoms with Gasteiger partial charge >= 0.3 is 5.97 Å². The van der Waals surface area contributed by atoms with Gasteiger partial charge in [0.25, 0.3) is 0 Å². The van der Waals surface area contributed by atoms with Crippen LogP contribution in [0.25, 0.3) is 0 Å². The summed E-state index contributed by atoms with van der Waals surface area (Å²) in [6.45, 7) is 6.44. The summed E-state index contributed by atoms with van der Waals surface area (Å²) in [7, 11) is 0. The maximum absolute atomic E-state index is 13.2. The van der Waals surface area contributed by atoms with Crippen molar-refractivity contribution in [1.82, 2.24) is 5.32 Å². The number of aliphatic hydroxyl groups is 2. The molecule has 0 saturated heterocycles. The molecule has 0 rings (SSSR count). The quantitative estimate of drug-likeness (QED) is 0.0322. The van der Waals surface area contributed by atoms with Crippen LogP contribution in [0.2, 0.25) is 0 Å². The minimum absolute atomic E-state index is 0.0725. The number of hydrogen-bond donors (Lipinski definition) is 3. The molecule has 0 aromatic carbocycles. The van der Waals surface area contributed by atoms with Crippen LogP contribution in [-0.2, 0) is 14.3 Å². The van der Waals surface area contributed by atoms with Crippen molar-refractivity contribution in [2.24, 2.45) is 0 Å². The minimum atomic E-state index is -0.788. The molecule has 0 heterocycles. The van der Waals surface area contributed by atoms with E-state index in [0.29, 0.717) is 19.3 Å². The first-order valence-corrected chi connectivity index (χ1v) is 27.1. The molecule has 0 fully saturated rings. The summed E-state index contributed by atoms with van der Waals surface area (Å²) >= 11 is 0. The monoisotopic (exact) mass is 860 g/mol. The number of amides is 1. The molecule has 0 aliphatic carbocycles. The van der Waals surface area contributed by atoms with Crippen LogP contribution in [0.5, 0.6) is 0 Å². The predicted octanol–water partition coefficient (Wildman–Crippen LogP) is 16.3. The van der Waals surface area contributed by atoms with Crippen molar-refractivity contribution >= 4 is 11.9 Å². The van der Waals surface area contributed by atoms with Crippen molar-refractivity contribution in [3.05, 3.63) is 24.3 Å². The van der Waals surface area contributed by atoms with E-state index < -0.39 is 18.2 Å². The van der Waals surface area contributed by atoms with Crippen molar-refractivity contribution in [1.29, 1.82) is 0 Å². The molecule has 1 amide bonds. The number of nitrogens with one attached hydrogen (secondary N) is 1. The average molecular weight is 860 g/mol. The molecule has 6 heteroatoms. The number of ether oxygens (including phenoxy) is 1. The molecule has 0 bridgehead atoms. The Labute approximate surface area is 380 Å². The van der Waals surface area contributed by atoms with Gasteiger partial charge in [-0.05, 0) is 70.6 Å². The summed E-state index contributed by atoms with van der Waals surface area (Å²) in [5, 5.41) is 23.8. The van der Waals surface area contributed by atoms with Gasteiger partial charge in [-0.2, -0.15) is 0 Å². The molecule has 0 aliphatic rings. The van der Waals surface area contributed by atoms with Crippen molar-refractivity contribution in [3.63, 3.8) is 0 Å². The lowest BCUT2D eigenvalue weighted by atomic mass is 10.0. The average Bonchev–Trinajstić information content (AvgIpc) is 3.25. The van der Waals surface area contributed by atoms with Gasteiger partial charge in [0.15, 0.2) is 0 Å². The fourth-order valence-corrected chi connectivity index (χ4v) is 8.37. The first-order valence-electron chi connectivity index (χ1n) is 27.1. The summed E-state index contributed by atoms with van der Waals surface area (Å²) in [4.78, 5) is 26.1. The van der Waals surface area contributed by atoms with Crippen LogP contribution >= 0.6 is 0 Å². The Morgan fingerprint density at radius 2 is 0.820 bits per heavy atom. The van der Waals surface area contributed by atoms with E-state index in [1.807, 2.05) is 0 Å². The third-order valence-electron chi connectivity index (χ3n) is 12.5.